The van der Waals surface area contributed by atoms with Crippen molar-refractivity contribution in [1.82, 2.24) is 0 Å². The topological polar surface area (TPSA) is 58.6 Å². The summed E-state index contributed by atoms with van der Waals surface area (Å²) in [6, 6.07) is 23.9. The molecule has 0 saturated carbocycles. The van der Waals surface area contributed by atoms with E-state index < -0.39 is 5.91 Å². The minimum absolute atomic E-state index is 0.251. The number of para-hydroxylation sites is 3. The van der Waals surface area contributed by atoms with Gasteiger partial charge in [0.15, 0.2) is 0 Å². The number of carbonyl (C=O) groups is 2. The molecule has 3 aromatic carbocycles. The second-order valence-corrected chi connectivity index (χ2v) is 6.67. The van der Waals surface area contributed by atoms with E-state index >= 15 is 0 Å². The van der Waals surface area contributed by atoms with Crippen LogP contribution in [0.25, 0.3) is 5.57 Å². The molecule has 4 rings (SSSR count). The molecule has 0 aliphatic carbocycles. The third kappa shape index (κ3) is 3.27. The highest BCUT2D eigenvalue weighted by Gasteiger charge is 2.41. The molecule has 29 heavy (non-hydrogen) atoms. The first-order chi connectivity index (χ1) is 14.1. The van der Waals surface area contributed by atoms with Gasteiger partial charge in [-0.05, 0) is 36.2 Å². The molecule has 1 aliphatic rings. The number of ether oxygens (including phenoxy) is 1. The molecule has 0 spiro atoms. The van der Waals surface area contributed by atoms with E-state index in [-0.39, 0.29) is 11.6 Å². The Morgan fingerprint density at radius 3 is 2.17 bits per heavy atom. The van der Waals surface area contributed by atoms with Crippen molar-refractivity contribution in [3.63, 3.8) is 0 Å². The highest BCUT2D eigenvalue weighted by Crippen LogP contribution is 2.37. The van der Waals surface area contributed by atoms with Crippen LogP contribution in [0.15, 0.2) is 84.6 Å². The largest absolute Gasteiger partial charge is 0.495 e. The summed E-state index contributed by atoms with van der Waals surface area (Å²) in [6.07, 6.45) is 0. The summed E-state index contributed by atoms with van der Waals surface area (Å²) in [6.45, 7) is 1.95. The van der Waals surface area contributed by atoms with Crippen molar-refractivity contribution < 1.29 is 14.3 Å². The standard InChI is InChI=1S/C24H20N2O3/c1-16-10-6-7-13-18(16)25-22-21(17-11-4-3-5-12-17)23(27)26(24(22)28)19-14-8-9-15-20(19)29-2/h3-15,25H,1-2H3. The van der Waals surface area contributed by atoms with E-state index in [1.165, 1.54) is 12.0 Å². The van der Waals surface area contributed by atoms with E-state index in [4.69, 9.17) is 4.74 Å². The van der Waals surface area contributed by atoms with Crippen LogP contribution in [-0.4, -0.2) is 18.9 Å². The Morgan fingerprint density at radius 1 is 0.793 bits per heavy atom. The maximum atomic E-state index is 13.4. The number of methoxy groups -OCH3 is 1. The van der Waals surface area contributed by atoms with Crippen LogP contribution >= 0.6 is 0 Å². The van der Waals surface area contributed by atoms with Gasteiger partial charge in [-0.3, -0.25) is 9.59 Å². The number of anilines is 2. The monoisotopic (exact) mass is 384 g/mol. The van der Waals surface area contributed by atoms with Crippen LogP contribution in [0.4, 0.5) is 11.4 Å². The number of hydrogen-bond donors (Lipinski definition) is 1. The van der Waals surface area contributed by atoms with Crippen LogP contribution in [0, 0.1) is 6.92 Å². The molecule has 3 aromatic rings. The van der Waals surface area contributed by atoms with Crippen molar-refractivity contribution in [1.29, 1.82) is 0 Å². The van der Waals surface area contributed by atoms with Gasteiger partial charge in [-0.25, -0.2) is 4.90 Å². The fourth-order valence-corrected chi connectivity index (χ4v) is 3.40. The van der Waals surface area contributed by atoms with E-state index in [1.807, 2.05) is 61.5 Å². The van der Waals surface area contributed by atoms with E-state index in [0.717, 1.165) is 11.3 Å². The van der Waals surface area contributed by atoms with Crippen LogP contribution in [0.5, 0.6) is 5.75 Å². The van der Waals surface area contributed by atoms with Crippen molar-refractivity contribution in [2.75, 3.05) is 17.3 Å². The zero-order valence-corrected chi connectivity index (χ0v) is 16.2. The van der Waals surface area contributed by atoms with Gasteiger partial charge in [0.25, 0.3) is 11.8 Å². The third-order valence-electron chi connectivity index (χ3n) is 4.88. The predicted molar refractivity (Wildman–Crippen MR) is 114 cm³/mol. The van der Waals surface area contributed by atoms with Crippen LogP contribution in [0.2, 0.25) is 0 Å². The highest BCUT2D eigenvalue weighted by atomic mass is 16.5. The van der Waals surface area contributed by atoms with Gasteiger partial charge >= 0.3 is 0 Å². The first-order valence-corrected chi connectivity index (χ1v) is 9.26. The van der Waals surface area contributed by atoms with Gasteiger partial charge in [-0.15, -0.1) is 0 Å². The third-order valence-corrected chi connectivity index (χ3v) is 4.88. The lowest BCUT2D eigenvalue weighted by Crippen LogP contribution is -2.32. The molecule has 5 heteroatoms. The van der Waals surface area contributed by atoms with Crippen LogP contribution in [0.3, 0.4) is 0 Å². The van der Waals surface area contributed by atoms with Crippen molar-refractivity contribution in [3.8, 4) is 5.75 Å². The summed E-state index contributed by atoms with van der Waals surface area (Å²) < 4.78 is 5.38. The van der Waals surface area contributed by atoms with Crippen molar-refractivity contribution in [2.24, 2.45) is 0 Å². The van der Waals surface area contributed by atoms with E-state index in [9.17, 15) is 9.59 Å². The second kappa shape index (κ2) is 7.64. The van der Waals surface area contributed by atoms with Gasteiger partial charge in [0.2, 0.25) is 0 Å². The lowest BCUT2D eigenvalue weighted by molar-refractivity contribution is -0.120. The summed E-state index contributed by atoms with van der Waals surface area (Å²) in [5, 5.41) is 3.20. The summed E-state index contributed by atoms with van der Waals surface area (Å²) in [7, 11) is 1.52. The number of amides is 2. The molecular formula is C24H20N2O3. The van der Waals surface area contributed by atoms with Gasteiger partial charge in [-0.1, -0.05) is 60.7 Å². The number of hydrogen-bond acceptors (Lipinski definition) is 4. The molecular weight excluding hydrogens is 364 g/mol. The molecule has 0 atom stereocenters. The molecule has 1 heterocycles. The number of nitrogens with one attached hydrogen (secondary N) is 1. The summed E-state index contributed by atoms with van der Waals surface area (Å²) in [5.41, 5.74) is 3.44. The Labute approximate surface area is 169 Å². The van der Waals surface area contributed by atoms with Crippen LogP contribution < -0.4 is 15.0 Å². The number of benzene rings is 3. The SMILES string of the molecule is COc1ccccc1N1C(=O)C(Nc2ccccc2C)=C(c2ccccc2)C1=O. The highest BCUT2D eigenvalue weighted by molar-refractivity contribution is 6.46. The molecule has 1 aliphatic heterocycles. The van der Waals surface area contributed by atoms with E-state index in [0.29, 0.717) is 22.6 Å². The average Bonchev–Trinajstić information content (AvgIpc) is 2.99. The fraction of sp³-hybridized carbons (Fsp3) is 0.0833. The number of aryl methyl sites for hydroxylation is 1. The molecule has 2 amide bonds. The molecule has 0 unspecified atom stereocenters. The van der Waals surface area contributed by atoms with Crippen LogP contribution in [0.1, 0.15) is 11.1 Å². The Hall–Kier alpha value is -3.86. The van der Waals surface area contributed by atoms with Gasteiger partial charge in [0, 0.05) is 5.69 Å². The van der Waals surface area contributed by atoms with Gasteiger partial charge < -0.3 is 10.1 Å². The number of nitrogens with zero attached hydrogens (tertiary/aromatic N) is 1. The molecule has 0 radical (unpaired) electrons. The molecule has 0 saturated heterocycles. The minimum Gasteiger partial charge on any atom is -0.495 e. The molecule has 0 bridgehead atoms. The summed E-state index contributed by atoms with van der Waals surface area (Å²) in [5.74, 6) is -0.345. The molecule has 144 valence electrons. The summed E-state index contributed by atoms with van der Waals surface area (Å²) >= 11 is 0. The normalized spacial score (nSPS) is 13.8. The second-order valence-electron chi connectivity index (χ2n) is 6.67. The van der Waals surface area contributed by atoms with Gasteiger partial charge in [0.05, 0.1) is 18.4 Å². The Balaban J connectivity index is 1.86. The fourth-order valence-electron chi connectivity index (χ4n) is 3.40. The molecule has 0 fully saturated rings. The first kappa shape index (κ1) is 18.5. The number of carbonyl (C=O) groups excluding carboxylic acids is 2. The van der Waals surface area contributed by atoms with Crippen molar-refractivity contribution in [2.45, 2.75) is 6.92 Å². The van der Waals surface area contributed by atoms with Crippen molar-refractivity contribution in [3.05, 3.63) is 95.7 Å². The molecule has 1 N–H and O–H groups in total. The average molecular weight is 384 g/mol. The quantitative estimate of drug-likeness (QED) is 0.663. The molecule has 5 nitrogen and oxygen atoms in total. The van der Waals surface area contributed by atoms with Gasteiger partial charge in [0.1, 0.15) is 11.4 Å². The number of imide groups is 1. The first-order valence-electron chi connectivity index (χ1n) is 9.26. The predicted octanol–water partition coefficient (Wildman–Crippen LogP) is 4.40. The zero-order valence-electron chi connectivity index (χ0n) is 16.2. The van der Waals surface area contributed by atoms with Crippen molar-refractivity contribution >= 4 is 28.8 Å². The minimum atomic E-state index is -0.415. The molecule has 0 aromatic heterocycles. The lowest BCUT2D eigenvalue weighted by Gasteiger charge is -2.18. The van der Waals surface area contributed by atoms with E-state index in [2.05, 4.69) is 5.32 Å². The number of rotatable bonds is 5. The Kier molecular flexibility index (Phi) is 4.87. The smallest absolute Gasteiger partial charge is 0.282 e. The lowest BCUT2D eigenvalue weighted by atomic mass is 10.0. The maximum Gasteiger partial charge on any atom is 0.282 e. The van der Waals surface area contributed by atoms with Gasteiger partial charge in [-0.2, -0.15) is 0 Å². The Morgan fingerprint density at radius 2 is 1.45 bits per heavy atom. The van der Waals surface area contributed by atoms with Crippen LogP contribution in [-0.2, 0) is 9.59 Å². The zero-order chi connectivity index (χ0) is 20.4. The van der Waals surface area contributed by atoms with E-state index in [1.54, 1.807) is 24.3 Å². The Bertz CT molecular complexity index is 1120. The maximum absolute atomic E-state index is 13.4. The summed E-state index contributed by atoms with van der Waals surface area (Å²) in [4.78, 5) is 28.0.